The molecule has 1 N–H and O–H groups in total. The lowest BCUT2D eigenvalue weighted by Crippen LogP contribution is -2.18. The van der Waals surface area contributed by atoms with Gasteiger partial charge in [0.1, 0.15) is 5.75 Å². The van der Waals surface area contributed by atoms with Gasteiger partial charge in [-0.2, -0.15) is 0 Å². The number of benzene rings is 2. The van der Waals surface area contributed by atoms with Gasteiger partial charge in [0.25, 0.3) is 0 Å². The first kappa shape index (κ1) is 15.1. The molecule has 0 fully saturated rings. The molecule has 0 radical (unpaired) electrons. The minimum Gasteiger partial charge on any atom is -0.497 e. The smallest absolute Gasteiger partial charge is 0.118 e. The van der Waals surface area contributed by atoms with Crippen LogP contribution in [0, 0.1) is 6.92 Å². The van der Waals surface area contributed by atoms with Gasteiger partial charge >= 0.3 is 0 Å². The molecule has 0 heterocycles. The Morgan fingerprint density at radius 3 is 2.40 bits per heavy atom. The third-order valence-corrected chi connectivity index (χ3v) is 4.42. The Bertz CT molecular complexity index is 566. The molecule has 2 aromatic carbocycles. The molecule has 0 saturated heterocycles. The second kappa shape index (κ2) is 6.91. The number of rotatable bonds is 5. The van der Waals surface area contributed by atoms with Gasteiger partial charge in [-0.1, -0.05) is 40.2 Å². The third-order valence-electron chi connectivity index (χ3n) is 3.53. The van der Waals surface area contributed by atoms with Crippen LogP contribution in [0.5, 0.6) is 5.75 Å². The summed E-state index contributed by atoms with van der Waals surface area (Å²) in [6.45, 7) is 2.12. The van der Waals surface area contributed by atoms with Crippen LogP contribution in [0.4, 0.5) is 0 Å². The van der Waals surface area contributed by atoms with E-state index in [-0.39, 0.29) is 0 Å². The van der Waals surface area contributed by atoms with Crippen LogP contribution in [-0.2, 0) is 6.42 Å². The summed E-state index contributed by atoms with van der Waals surface area (Å²) >= 11 is 3.55. The van der Waals surface area contributed by atoms with Crippen LogP contribution in [0.2, 0.25) is 0 Å². The third kappa shape index (κ3) is 3.62. The van der Waals surface area contributed by atoms with Crippen LogP contribution < -0.4 is 10.1 Å². The van der Waals surface area contributed by atoms with Crippen LogP contribution in [0.15, 0.2) is 46.9 Å². The molecule has 0 spiro atoms. The van der Waals surface area contributed by atoms with E-state index in [9.17, 15) is 0 Å². The second-order valence-electron chi connectivity index (χ2n) is 4.90. The first-order chi connectivity index (χ1) is 9.63. The van der Waals surface area contributed by atoms with Gasteiger partial charge in [-0.15, -0.1) is 0 Å². The van der Waals surface area contributed by atoms with Gasteiger partial charge in [0.2, 0.25) is 0 Å². The number of hydrogen-bond acceptors (Lipinski definition) is 2. The van der Waals surface area contributed by atoms with Crippen molar-refractivity contribution in [3.8, 4) is 5.75 Å². The lowest BCUT2D eigenvalue weighted by molar-refractivity contribution is 0.414. The molecule has 20 heavy (non-hydrogen) atoms. The molecule has 0 aromatic heterocycles. The first-order valence-electron chi connectivity index (χ1n) is 6.70. The summed E-state index contributed by atoms with van der Waals surface area (Å²) in [4.78, 5) is 0. The lowest BCUT2D eigenvalue weighted by atomic mass is 9.98. The van der Waals surface area contributed by atoms with Crippen molar-refractivity contribution in [2.45, 2.75) is 19.4 Å². The summed E-state index contributed by atoms with van der Waals surface area (Å²) in [6.07, 6.45) is 0.960. The zero-order valence-corrected chi connectivity index (χ0v) is 13.7. The van der Waals surface area contributed by atoms with Gasteiger partial charge in [0.15, 0.2) is 0 Å². The molecule has 2 aromatic rings. The summed E-state index contributed by atoms with van der Waals surface area (Å²) in [5.41, 5.74) is 3.87. The number of halogens is 1. The molecular weight excluding hydrogens is 314 g/mol. The highest BCUT2D eigenvalue weighted by Gasteiger charge is 2.11. The van der Waals surface area contributed by atoms with E-state index >= 15 is 0 Å². The Balaban J connectivity index is 2.16. The van der Waals surface area contributed by atoms with Crippen molar-refractivity contribution in [3.63, 3.8) is 0 Å². The van der Waals surface area contributed by atoms with E-state index in [0.717, 1.165) is 16.6 Å². The first-order valence-corrected chi connectivity index (χ1v) is 7.49. The molecule has 1 atom stereocenters. The van der Waals surface area contributed by atoms with Crippen LogP contribution in [0.25, 0.3) is 0 Å². The van der Waals surface area contributed by atoms with Crippen molar-refractivity contribution in [1.82, 2.24) is 5.32 Å². The van der Waals surface area contributed by atoms with Crippen molar-refractivity contribution in [2.75, 3.05) is 14.2 Å². The van der Waals surface area contributed by atoms with E-state index < -0.39 is 0 Å². The molecule has 2 nitrogen and oxygen atoms in total. The van der Waals surface area contributed by atoms with Crippen molar-refractivity contribution in [1.29, 1.82) is 0 Å². The Kier molecular flexibility index (Phi) is 5.21. The predicted molar refractivity (Wildman–Crippen MR) is 87.4 cm³/mol. The highest BCUT2D eigenvalue weighted by molar-refractivity contribution is 9.10. The monoisotopic (exact) mass is 333 g/mol. The summed E-state index contributed by atoms with van der Waals surface area (Å²) in [5.74, 6) is 0.897. The maximum atomic E-state index is 5.19. The van der Waals surface area contributed by atoms with Crippen molar-refractivity contribution in [2.24, 2.45) is 0 Å². The maximum Gasteiger partial charge on any atom is 0.118 e. The molecule has 0 aliphatic rings. The standard InChI is InChI=1S/C17H20BrNO/c1-12-10-14(6-9-16(12)18)17(19-2)11-13-4-7-15(20-3)8-5-13/h4-10,17,19H,11H2,1-3H3. The van der Waals surface area contributed by atoms with Crippen LogP contribution >= 0.6 is 15.9 Å². The highest BCUT2D eigenvalue weighted by Crippen LogP contribution is 2.24. The van der Waals surface area contributed by atoms with Gasteiger partial charge in [-0.25, -0.2) is 0 Å². The molecule has 0 bridgehead atoms. The summed E-state index contributed by atoms with van der Waals surface area (Å²) in [6, 6.07) is 15.1. The molecule has 106 valence electrons. The largest absolute Gasteiger partial charge is 0.497 e. The normalized spacial score (nSPS) is 12.2. The number of likely N-dealkylation sites (N-methyl/N-ethyl adjacent to an activating group) is 1. The van der Waals surface area contributed by atoms with Crippen molar-refractivity contribution in [3.05, 3.63) is 63.6 Å². The van der Waals surface area contributed by atoms with Crippen LogP contribution in [0.1, 0.15) is 22.7 Å². The maximum absolute atomic E-state index is 5.19. The Morgan fingerprint density at radius 2 is 1.85 bits per heavy atom. The van der Waals surface area contributed by atoms with Crippen molar-refractivity contribution < 1.29 is 4.74 Å². The fourth-order valence-electron chi connectivity index (χ4n) is 2.27. The second-order valence-corrected chi connectivity index (χ2v) is 5.76. The molecule has 0 amide bonds. The number of aryl methyl sites for hydroxylation is 1. The number of hydrogen-bond donors (Lipinski definition) is 1. The van der Waals surface area contributed by atoms with Gasteiger partial charge in [-0.05, 0) is 55.3 Å². The minimum absolute atomic E-state index is 0.315. The summed E-state index contributed by atoms with van der Waals surface area (Å²) in [7, 11) is 3.70. The molecular formula is C17H20BrNO. The average Bonchev–Trinajstić information content (AvgIpc) is 2.48. The number of nitrogens with one attached hydrogen (secondary N) is 1. The van der Waals surface area contributed by atoms with Gasteiger partial charge in [0.05, 0.1) is 7.11 Å². The van der Waals surface area contributed by atoms with E-state index in [1.54, 1.807) is 7.11 Å². The van der Waals surface area contributed by atoms with Crippen LogP contribution in [-0.4, -0.2) is 14.2 Å². The minimum atomic E-state index is 0.315. The van der Waals surface area contributed by atoms with Gasteiger partial charge < -0.3 is 10.1 Å². The van der Waals surface area contributed by atoms with Gasteiger partial charge in [-0.3, -0.25) is 0 Å². The molecule has 2 rings (SSSR count). The van der Waals surface area contributed by atoms with E-state index in [2.05, 4.69) is 58.5 Å². The summed E-state index contributed by atoms with van der Waals surface area (Å²) < 4.78 is 6.35. The van der Waals surface area contributed by atoms with Crippen LogP contribution in [0.3, 0.4) is 0 Å². The molecule has 0 aliphatic carbocycles. The molecule has 3 heteroatoms. The quantitative estimate of drug-likeness (QED) is 0.882. The van der Waals surface area contributed by atoms with E-state index in [4.69, 9.17) is 4.74 Å². The SMILES string of the molecule is CNC(Cc1ccc(OC)cc1)c1ccc(Br)c(C)c1. The Hall–Kier alpha value is -1.32. The zero-order valence-electron chi connectivity index (χ0n) is 12.1. The Labute approximate surface area is 129 Å². The summed E-state index contributed by atoms with van der Waals surface area (Å²) in [5, 5.41) is 3.40. The molecule has 1 unspecified atom stereocenters. The van der Waals surface area contributed by atoms with Gasteiger partial charge in [0, 0.05) is 10.5 Å². The highest BCUT2D eigenvalue weighted by atomic mass is 79.9. The topological polar surface area (TPSA) is 21.3 Å². The average molecular weight is 334 g/mol. The number of methoxy groups -OCH3 is 1. The van der Waals surface area contributed by atoms with Crippen molar-refractivity contribution >= 4 is 15.9 Å². The Morgan fingerprint density at radius 1 is 1.15 bits per heavy atom. The van der Waals surface area contributed by atoms with E-state index in [1.165, 1.54) is 16.7 Å². The lowest BCUT2D eigenvalue weighted by Gasteiger charge is -2.18. The van der Waals surface area contributed by atoms with E-state index in [0.29, 0.717) is 6.04 Å². The zero-order chi connectivity index (χ0) is 14.5. The fourth-order valence-corrected chi connectivity index (χ4v) is 2.52. The number of ether oxygens (including phenoxy) is 1. The molecule has 0 aliphatic heterocycles. The molecule has 0 saturated carbocycles. The fraction of sp³-hybridized carbons (Fsp3) is 0.294. The predicted octanol–water partition coefficient (Wildman–Crippen LogP) is 4.27. The van der Waals surface area contributed by atoms with E-state index in [1.807, 2.05) is 19.2 Å².